The number of nitrogens with zero attached hydrogens (tertiary/aromatic N) is 1. The van der Waals surface area contributed by atoms with Gasteiger partial charge in [-0.05, 0) is 23.8 Å². The number of aromatic nitrogens is 1. The van der Waals surface area contributed by atoms with Crippen LogP contribution in [0.15, 0.2) is 42.6 Å². The van der Waals surface area contributed by atoms with E-state index in [2.05, 4.69) is 15.6 Å². The minimum atomic E-state index is 0.744. The SMILES string of the molecule is CNc1cc(NCc2cccc(Cl)c2)ccn1. The van der Waals surface area contributed by atoms with Crippen LogP contribution in [0.1, 0.15) is 5.56 Å². The van der Waals surface area contributed by atoms with Gasteiger partial charge < -0.3 is 10.6 Å². The van der Waals surface area contributed by atoms with Crippen LogP contribution in [0.4, 0.5) is 11.5 Å². The number of hydrogen-bond donors (Lipinski definition) is 2. The number of halogens is 1. The molecule has 1 heterocycles. The van der Waals surface area contributed by atoms with Crippen molar-refractivity contribution in [2.24, 2.45) is 0 Å². The van der Waals surface area contributed by atoms with E-state index in [9.17, 15) is 0 Å². The fraction of sp³-hybridized carbons (Fsp3) is 0.154. The minimum Gasteiger partial charge on any atom is -0.381 e. The standard InChI is InChI=1S/C13H14ClN3/c1-15-13-8-12(5-6-16-13)17-9-10-3-2-4-11(14)7-10/h2-8H,9H2,1H3,(H2,15,16,17). The first kappa shape index (κ1) is 11.7. The van der Waals surface area contributed by atoms with Crippen molar-refractivity contribution in [1.29, 1.82) is 0 Å². The number of benzene rings is 1. The molecule has 0 fully saturated rings. The molecule has 0 aliphatic heterocycles. The lowest BCUT2D eigenvalue weighted by atomic mass is 10.2. The summed E-state index contributed by atoms with van der Waals surface area (Å²) in [6.07, 6.45) is 1.77. The van der Waals surface area contributed by atoms with Crippen molar-refractivity contribution in [3.05, 3.63) is 53.2 Å². The molecule has 3 nitrogen and oxygen atoms in total. The molecule has 1 aromatic carbocycles. The van der Waals surface area contributed by atoms with Crippen molar-refractivity contribution < 1.29 is 0 Å². The Morgan fingerprint density at radius 3 is 2.88 bits per heavy atom. The molecule has 2 N–H and O–H groups in total. The molecule has 0 radical (unpaired) electrons. The van der Waals surface area contributed by atoms with Gasteiger partial charge in [0.2, 0.25) is 0 Å². The van der Waals surface area contributed by atoms with E-state index >= 15 is 0 Å². The zero-order valence-corrected chi connectivity index (χ0v) is 10.3. The highest BCUT2D eigenvalue weighted by Gasteiger charge is 1.97. The van der Waals surface area contributed by atoms with E-state index in [1.165, 1.54) is 0 Å². The van der Waals surface area contributed by atoms with Crippen LogP contribution in [0.3, 0.4) is 0 Å². The van der Waals surface area contributed by atoms with Gasteiger partial charge in [0, 0.05) is 36.6 Å². The van der Waals surface area contributed by atoms with Gasteiger partial charge in [-0.1, -0.05) is 23.7 Å². The Balaban J connectivity index is 2.02. The zero-order valence-electron chi connectivity index (χ0n) is 9.57. The summed E-state index contributed by atoms with van der Waals surface area (Å²) in [5.41, 5.74) is 2.18. The summed E-state index contributed by atoms with van der Waals surface area (Å²) in [6, 6.07) is 11.7. The van der Waals surface area contributed by atoms with Crippen molar-refractivity contribution >= 4 is 23.1 Å². The molecule has 0 bridgehead atoms. The van der Waals surface area contributed by atoms with E-state index in [0.717, 1.165) is 28.6 Å². The lowest BCUT2D eigenvalue weighted by molar-refractivity contribution is 1.14. The van der Waals surface area contributed by atoms with E-state index < -0.39 is 0 Å². The summed E-state index contributed by atoms with van der Waals surface area (Å²) < 4.78 is 0. The van der Waals surface area contributed by atoms with Gasteiger partial charge in [0.25, 0.3) is 0 Å². The molecule has 0 saturated heterocycles. The van der Waals surface area contributed by atoms with Crippen LogP contribution < -0.4 is 10.6 Å². The Morgan fingerprint density at radius 1 is 1.24 bits per heavy atom. The van der Waals surface area contributed by atoms with Crippen molar-refractivity contribution in [3.63, 3.8) is 0 Å². The zero-order chi connectivity index (χ0) is 12.1. The first-order valence-electron chi connectivity index (χ1n) is 5.40. The van der Waals surface area contributed by atoms with Gasteiger partial charge in [0.05, 0.1) is 0 Å². The maximum Gasteiger partial charge on any atom is 0.127 e. The highest BCUT2D eigenvalue weighted by molar-refractivity contribution is 6.30. The minimum absolute atomic E-state index is 0.744. The number of anilines is 2. The third-order valence-corrected chi connectivity index (χ3v) is 2.64. The maximum absolute atomic E-state index is 5.93. The molecule has 0 saturated carbocycles. The van der Waals surface area contributed by atoms with Gasteiger partial charge in [-0.2, -0.15) is 0 Å². The Labute approximate surface area is 106 Å². The molecular formula is C13H14ClN3. The van der Waals surface area contributed by atoms with E-state index in [-0.39, 0.29) is 0 Å². The second-order valence-electron chi connectivity index (χ2n) is 3.66. The molecule has 0 amide bonds. The Morgan fingerprint density at radius 2 is 2.12 bits per heavy atom. The molecule has 2 aromatic rings. The number of hydrogen-bond acceptors (Lipinski definition) is 3. The van der Waals surface area contributed by atoms with Gasteiger partial charge in [0.1, 0.15) is 5.82 Å². The predicted octanol–water partition coefficient (Wildman–Crippen LogP) is 3.39. The number of nitrogens with one attached hydrogen (secondary N) is 2. The largest absolute Gasteiger partial charge is 0.381 e. The fourth-order valence-corrected chi connectivity index (χ4v) is 1.74. The third kappa shape index (κ3) is 3.36. The lowest BCUT2D eigenvalue weighted by Crippen LogP contribution is -2.00. The van der Waals surface area contributed by atoms with Gasteiger partial charge >= 0.3 is 0 Å². The van der Waals surface area contributed by atoms with Crippen LogP contribution in [-0.4, -0.2) is 12.0 Å². The highest BCUT2D eigenvalue weighted by Crippen LogP contribution is 2.15. The second kappa shape index (κ2) is 5.55. The molecule has 1 aromatic heterocycles. The van der Waals surface area contributed by atoms with Crippen LogP contribution >= 0.6 is 11.6 Å². The van der Waals surface area contributed by atoms with Crippen molar-refractivity contribution in [2.75, 3.05) is 17.7 Å². The molecule has 0 atom stereocenters. The average molecular weight is 248 g/mol. The molecule has 0 aliphatic rings. The Kier molecular flexibility index (Phi) is 3.83. The summed E-state index contributed by atoms with van der Waals surface area (Å²) >= 11 is 5.93. The first-order chi connectivity index (χ1) is 8.28. The molecule has 0 unspecified atom stereocenters. The summed E-state index contributed by atoms with van der Waals surface area (Å²) in [7, 11) is 1.85. The quantitative estimate of drug-likeness (QED) is 0.870. The van der Waals surface area contributed by atoms with Gasteiger partial charge in [-0.3, -0.25) is 0 Å². The summed E-state index contributed by atoms with van der Waals surface area (Å²) in [6.45, 7) is 0.744. The van der Waals surface area contributed by atoms with Crippen LogP contribution in [-0.2, 0) is 6.54 Å². The van der Waals surface area contributed by atoms with Gasteiger partial charge in [-0.15, -0.1) is 0 Å². The van der Waals surface area contributed by atoms with Crippen molar-refractivity contribution in [1.82, 2.24) is 4.98 Å². The van der Waals surface area contributed by atoms with Crippen LogP contribution in [0.25, 0.3) is 0 Å². The van der Waals surface area contributed by atoms with E-state index in [0.29, 0.717) is 0 Å². The van der Waals surface area contributed by atoms with E-state index in [1.807, 2.05) is 43.4 Å². The molecular weight excluding hydrogens is 234 g/mol. The number of pyridine rings is 1. The topological polar surface area (TPSA) is 37.0 Å². The van der Waals surface area contributed by atoms with Gasteiger partial charge in [0.15, 0.2) is 0 Å². The smallest absolute Gasteiger partial charge is 0.127 e. The normalized spacial score (nSPS) is 10.0. The molecule has 0 spiro atoms. The number of rotatable bonds is 4. The first-order valence-corrected chi connectivity index (χ1v) is 5.78. The van der Waals surface area contributed by atoms with Crippen molar-refractivity contribution in [3.8, 4) is 0 Å². The molecule has 0 aliphatic carbocycles. The second-order valence-corrected chi connectivity index (χ2v) is 4.10. The predicted molar refractivity (Wildman–Crippen MR) is 72.6 cm³/mol. The molecule has 88 valence electrons. The monoisotopic (exact) mass is 247 g/mol. The summed E-state index contributed by atoms with van der Waals surface area (Å²) in [4.78, 5) is 4.15. The third-order valence-electron chi connectivity index (χ3n) is 2.40. The van der Waals surface area contributed by atoms with E-state index in [1.54, 1.807) is 6.20 Å². The Bertz CT molecular complexity index is 500. The highest BCUT2D eigenvalue weighted by atomic mass is 35.5. The van der Waals surface area contributed by atoms with Crippen LogP contribution in [0.2, 0.25) is 5.02 Å². The molecule has 4 heteroatoms. The molecule has 17 heavy (non-hydrogen) atoms. The van der Waals surface area contributed by atoms with Crippen molar-refractivity contribution in [2.45, 2.75) is 6.54 Å². The van der Waals surface area contributed by atoms with Gasteiger partial charge in [-0.25, -0.2) is 4.98 Å². The summed E-state index contributed by atoms with van der Waals surface area (Å²) in [5.74, 6) is 0.848. The maximum atomic E-state index is 5.93. The fourth-order valence-electron chi connectivity index (χ4n) is 1.53. The Hall–Kier alpha value is -1.74. The van der Waals surface area contributed by atoms with Crippen LogP contribution in [0.5, 0.6) is 0 Å². The van der Waals surface area contributed by atoms with Crippen LogP contribution in [0, 0.1) is 0 Å². The summed E-state index contributed by atoms with van der Waals surface area (Å²) in [5, 5.41) is 7.09. The molecule has 2 rings (SSSR count). The van der Waals surface area contributed by atoms with E-state index in [4.69, 9.17) is 11.6 Å². The average Bonchev–Trinajstić information content (AvgIpc) is 2.37. The lowest BCUT2D eigenvalue weighted by Gasteiger charge is -2.08.